The van der Waals surface area contributed by atoms with E-state index in [1.165, 1.54) is 12.1 Å². The summed E-state index contributed by atoms with van der Waals surface area (Å²) in [7, 11) is 0. The molecule has 0 heterocycles. The van der Waals surface area contributed by atoms with Crippen LogP contribution >= 0.6 is 0 Å². The number of carboxylic acid groups (broad SMARTS) is 1. The third kappa shape index (κ3) is 4.87. The topological polar surface area (TPSA) is 104 Å². The smallest absolute Gasteiger partial charge is 0.337 e. The number of benzene rings is 1. The molecule has 104 valence electrons. The lowest BCUT2D eigenvalue weighted by molar-refractivity contribution is -0.120. The summed E-state index contributed by atoms with van der Waals surface area (Å²) in [4.78, 5) is 22.5. The molecule has 0 saturated heterocycles. The first-order valence-electron chi connectivity index (χ1n) is 5.87. The van der Waals surface area contributed by atoms with Crippen LogP contribution in [-0.4, -0.2) is 29.1 Å². The van der Waals surface area contributed by atoms with Gasteiger partial charge in [0, 0.05) is 16.9 Å². The molecule has 0 bridgehead atoms. The normalized spacial score (nSPS) is 10.9. The number of carbonyl (C=O) groups is 2. The molecule has 5 N–H and O–H groups in total. The van der Waals surface area contributed by atoms with Crippen LogP contribution in [-0.2, 0) is 4.79 Å². The van der Waals surface area contributed by atoms with Crippen LogP contribution in [0.2, 0.25) is 0 Å². The lowest BCUT2D eigenvalue weighted by Gasteiger charge is -2.20. The summed E-state index contributed by atoms with van der Waals surface area (Å²) >= 11 is 0. The van der Waals surface area contributed by atoms with Crippen LogP contribution in [0.5, 0.6) is 0 Å². The number of nitrogens with two attached hydrogens (primary N) is 1. The van der Waals surface area contributed by atoms with E-state index in [-0.39, 0.29) is 29.2 Å². The molecule has 0 aliphatic rings. The van der Waals surface area contributed by atoms with Crippen molar-refractivity contribution in [1.82, 2.24) is 5.32 Å². The van der Waals surface area contributed by atoms with Gasteiger partial charge in [-0.3, -0.25) is 4.79 Å². The molecule has 0 atom stereocenters. The summed E-state index contributed by atoms with van der Waals surface area (Å²) in [5, 5.41) is 14.6. The van der Waals surface area contributed by atoms with E-state index >= 15 is 0 Å². The number of hydrogen-bond donors (Lipinski definition) is 4. The zero-order valence-corrected chi connectivity index (χ0v) is 11.3. The number of nitrogens with one attached hydrogen (secondary N) is 2. The summed E-state index contributed by atoms with van der Waals surface area (Å²) in [6.45, 7) is 5.73. The molecular weight excluding hydrogens is 246 g/mol. The van der Waals surface area contributed by atoms with Crippen LogP contribution in [0.25, 0.3) is 0 Å². The van der Waals surface area contributed by atoms with Gasteiger partial charge < -0.3 is 21.5 Å². The molecule has 1 amide bonds. The van der Waals surface area contributed by atoms with Gasteiger partial charge in [-0.2, -0.15) is 0 Å². The molecule has 0 aliphatic carbocycles. The first-order chi connectivity index (χ1) is 8.69. The van der Waals surface area contributed by atoms with Gasteiger partial charge in [-0.25, -0.2) is 4.79 Å². The SMILES string of the molecule is CC(C)(C)NC(=O)CNc1ccc(N)c(C(=O)O)c1. The molecule has 6 heteroatoms. The van der Waals surface area contributed by atoms with E-state index in [4.69, 9.17) is 10.8 Å². The average molecular weight is 265 g/mol. The second-order valence-electron chi connectivity index (χ2n) is 5.26. The minimum atomic E-state index is -1.10. The molecule has 0 aromatic heterocycles. The van der Waals surface area contributed by atoms with Gasteiger partial charge in [0.15, 0.2) is 0 Å². The van der Waals surface area contributed by atoms with E-state index in [1.807, 2.05) is 20.8 Å². The van der Waals surface area contributed by atoms with Gasteiger partial charge >= 0.3 is 5.97 Å². The number of carboxylic acids is 1. The van der Waals surface area contributed by atoms with Gasteiger partial charge in [-0.15, -0.1) is 0 Å². The third-order valence-corrected chi connectivity index (χ3v) is 2.25. The van der Waals surface area contributed by atoms with E-state index in [2.05, 4.69) is 10.6 Å². The summed E-state index contributed by atoms with van der Waals surface area (Å²) < 4.78 is 0. The third-order valence-electron chi connectivity index (χ3n) is 2.25. The average Bonchev–Trinajstić information content (AvgIpc) is 2.25. The molecule has 1 aromatic rings. The van der Waals surface area contributed by atoms with Crippen LogP contribution in [0, 0.1) is 0 Å². The molecule has 0 spiro atoms. The van der Waals surface area contributed by atoms with E-state index in [0.717, 1.165) is 0 Å². The zero-order valence-electron chi connectivity index (χ0n) is 11.3. The number of hydrogen-bond acceptors (Lipinski definition) is 4. The summed E-state index contributed by atoms with van der Waals surface area (Å²) in [6, 6.07) is 4.53. The molecule has 6 nitrogen and oxygen atoms in total. The monoisotopic (exact) mass is 265 g/mol. The maximum absolute atomic E-state index is 11.6. The fraction of sp³-hybridized carbons (Fsp3) is 0.385. The lowest BCUT2D eigenvalue weighted by Crippen LogP contribution is -2.43. The molecule has 0 saturated carbocycles. The lowest BCUT2D eigenvalue weighted by atomic mass is 10.1. The van der Waals surface area contributed by atoms with Crippen molar-refractivity contribution in [1.29, 1.82) is 0 Å². The van der Waals surface area contributed by atoms with Crippen molar-refractivity contribution in [2.24, 2.45) is 0 Å². The molecule has 0 unspecified atom stereocenters. The van der Waals surface area contributed by atoms with Gasteiger partial charge in [0.25, 0.3) is 0 Å². The molecule has 0 fully saturated rings. The quantitative estimate of drug-likeness (QED) is 0.614. The van der Waals surface area contributed by atoms with E-state index in [9.17, 15) is 9.59 Å². The Morgan fingerprint density at radius 1 is 1.32 bits per heavy atom. The van der Waals surface area contributed by atoms with Crippen LogP contribution in [0.4, 0.5) is 11.4 Å². The Kier molecular flexibility index (Phi) is 4.37. The van der Waals surface area contributed by atoms with Crippen molar-refractivity contribution in [2.45, 2.75) is 26.3 Å². The molecule has 1 rings (SSSR count). The first-order valence-corrected chi connectivity index (χ1v) is 5.87. The second-order valence-corrected chi connectivity index (χ2v) is 5.26. The predicted octanol–water partition coefficient (Wildman–Crippen LogP) is 1.29. The Morgan fingerprint density at radius 2 is 1.95 bits per heavy atom. The highest BCUT2D eigenvalue weighted by molar-refractivity contribution is 5.95. The van der Waals surface area contributed by atoms with Crippen molar-refractivity contribution in [2.75, 3.05) is 17.6 Å². The second kappa shape index (κ2) is 5.60. The summed E-state index contributed by atoms with van der Waals surface area (Å²) in [5.74, 6) is -1.26. The van der Waals surface area contributed by atoms with Gasteiger partial charge in [-0.1, -0.05) is 0 Å². The van der Waals surface area contributed by atoms with Crippen LogP contribution in [0.3, 0.4) is 0 Å². The Bertz CT molecular complexity index is 492. The van der Waals surface area contributed by atoms with Crippen LogP contribution < -0.4 is 16.4 Å². The highest BCUT2D eigenvalue weighted by Crippen LogP contribution is 2.17. The number of rotatable bonds is 4. The maximum Gasteiger partial charge on any atom is 0.337 e. The fourth-order valence-electron chi connectivity index (χ4n) is 1.50. The fourth-order valence-corrected chi connectivity index (χ4v) is 1.50. The molecule has 0 radical (unpaired) electrons. The highest BCUT2D eigenvalue weighted by atomic mass is 16.4. The summed E-state index contributed by atoms with van der Waals surface area (Å²) in [5.41, 5.74) is 5.99. The van der Waals surface area contributed by atoms with Crippen molar-refractivity contribution >= 4 is 23.3 Å². The molecule has 0 aliphatic heterocycles. The first kappa shape index (κ1) is 14.8. The molecule has 19 heavy (non-hydrogen) atoms. The molecular formula is C13H19N3O3. The standard InChI is InChI=1S/C13H19N3O3/c1-13(2,3)16-11(17)7-15-8-4-5-10(14)9(6-8)12(18)19/h4-6,15H,7,14H2,1-3H3,(H,16,17)(H,18,19). The van der Waals surface area contributed by atoms with Crippen molar-refractivity contribution in [3.05, 3.63) is 23.8 Å². The van der Waals surface area contributed by atoms with Crippen molar-refractivity contribution < 1.29 is 14.7 Å². The Labute approximate surface area is 112 Å². The highest BCUT2D eigenvalue weighted by Gasteiger charge is 2.14. The number of carbonyl (C=O) groups excluding carboxylic acids is 1. The van der Waals surface area contributed by atoms with E-state index in [0.29, 0.717) is 5.69 Å². The predicted molar refractivity (Wildman–Crippen MR) is 74.2 cm³/mol. The van der Waals surface area contributed by atoms with Gasteiger partial charge in [-0.05, 0) is 39.0 Å². The number of amides is 1. The number of aromatic carboxylic acids is 1. The van der Waals surface area contributed by atoms with Crippen molar-refractivity contribution in [3.63, 3.8) is 0 Å². The van der Waals surface area contributed by atoms with Gasteiger partial charge in [0.1, 0.15) is 0 Å². The van der Waals surface area contributed by atoms with Crippen LogP contribution in [0.15, 0.2) is 18.2 Å². The van der Waals surface area contributed by atoms with E-state index < -0.39 is 5.97 Å². The minimum Gasteiger partial charge on any atom is -0.478 e. The minimum absolute atomic E-state index is 0.0150. The molecule has 1 aromatic carbocycles. The van der Waals surface area contributed by atoms with E-state index in [1.54, 1.807) is 6.07 Å². The van der Waals surface area contributed by atoms with Crippen LogP contribution in [0.1, 0.15) is 31.1 Å². The zero-order chi connectivity index (χ0) is 14.6. The van der Waals surface area contributed by atoms with Crippen molar-refractivity contribution in [3.8, 4) is 0 Å². The number of anilines is 2. The summed E-state index contributed by atoms with van der Waals surface area (Å²) in [6.07, 6.45) is 0. The maximum atomic E-state index is 11.6. The Balaban J connectivity index is 2.66. The Morgan fingerprint density at radius 3 is 2.47 bits per heavy atom. The largest absolute Gasteiger partial charge is 0.478 e. The van der Waals surface area contributed by atoms with Gasteiger partial charge in [0.2, 0.25) is 5.91 Å². The van der Waals surface area contributed by atoms with Gasteiger partial charge in [0.05, 0.1) is 12.1 Å². The number of nitrogen functional groups attached to an aromatic ring is 1. The Hall–Kier alpha value is -2.24.